The van der Waals surface area contributed by atoms with Gasteiger partial charge in [-0.3, -0.25) is 9.59 Å². The van der Waals surface area contributed by atoms with Crippen molar-refractivity contribution in [3.63, 3.8) is 0 Å². The molecule has 0 bridgehead atoms. The Morgan fingerprint density at radius 1 is 1.19 bits per heavy atom. The third-order valence-electron chi connectivity index (χ3n) is 6.67. The van der Waals surface area contributed by atoms with E-state index < -0.39 is 11.4 Å². The van der Waals surface area contributed by atoms with E-state index in [-0.39, 0.29) is 22.3 Å². The number of benzene rings is 2. The molecule has 36 heavy (non-hydrogen) atoms. The van der Waals surface area contributed by atoms with E-state index >= 15 is 0 Å². The first-order valence-electron chi connectivity index (χ1n) is 11.4. The van der Waals surface area contributed by atoms with Crippen LogP contribution in [0, 0.1) is 5.82 Å². The Hall–Kier alpha value is -3.95. The van der Waals surface area contributed by atoms with Crippen LogP contribution in [0.25, 0.3) is 11.0 Å². The van der Waals surface area contributed by atoms with Crippen molar-refractivity contribution in [2.75, 3.05) is 30.8 Å². The number of hydrogen-bond donors (Lipinski definition) is 3. The SMILES string of the molecule is CN1CCC2(C1)Nc1c(cnc3[nH]cc(C(=O)c4ccc(Oc5cccc(F)c5)cc4Cl)c13)NC2=O. The van der Waals surface area contributed by atoms with Crippen LogP contribution in [0.1, 0.15) is 22.3 Å². The van der Waals surface area contributed by atoms with E-state index in [0.29, 0.717) is 52.4 Å². The molecule has 0 saturated carbocycles. The molecule has 0 radical (unpaired) electrons. The van der Waals surface area contributed by atoms with E-state index in [9.17, 15) is 14.0 Å². The molecular formula is C26H21ClFN5O3. The summed E-state index contributed by atoms with van der Waals surface area (Å²) in [6.45, 7) is 1.33. The van der Waals surface area contributed by atoms with Gasteiger partial charge in [-0.1, -0.05) is 17.7 Å². The molecule has 1 amide bonds. The maximum absolute atomic E-state index is 13.6. The molecule has 0 aliphatic carbocycles. The highest BCUT2D eigenvalue weighted by Gasteiger charge is 2.47. The van der Waals surface area contributed by atoms with Crippen LogP contribution in [-0.2, 0) is 4.79 Å². The predicted molar refractivity (Wildman–Crippen MR) is 135 cm³/mol. The van der Waals surface area contributed by atoms with E-state index in [0.717, 1.165) is 6.54 Å². The summed E-state index contributed by atoms with van der Waals surface area (Å²) in [4.78, 5) is 36.1. The Morgan fingerprint density at radius 2 is 2.03 bits per heavy atom. The Kier molecular flexibility index (Phi) is 5.20. The number of fused-ring (bicyclic) bond motifs is 3. The molecule has 6 rings (SSSR count). The molecule has 4 aromatic rings. The second-order valence-corrected chi connectivity index (χ2v) is 9.56. The standard InChI is InChI=1S/C26H21ClFN5O3/c1-33-8-7-26(13-33)25(35)31-20-12-30-24-21(22(20)32-26)18(11-29-24)23(34)17-6-5-16(10-19(17)27)36-15-4-2-3-14(28)9-15/h2-6,9-12,32H,7-8,13H2,1H3,(H,29,30)(H,31,35). The van der Waals surface area contributed by atoms with Gasteiger partial charge in [0.25, 0.3) is 5.91 Å². The smallest absolute Gasteiger partial charge is 0.251 e. The molecule has 1 unspecified atom stereocenters. The maximum atomic E-state index is 13.6. The van der Waals surface area contributed by atoms with Crippen LogP contribution >= 0.6 is 11.6 Å². The van der Waals surface area contributed by atoms with E-state index in [2.05, 4.69) is 25.5 Å². The Morgan fingerprint density at radius 3 is 2.78 bits per heavy atom. The third kappa shape index (κ3) is 3.68. The molecule has 2 aromatic carbocycles. The molecule has 2 aliphatic heterocycles. The lowest BCUT2D eigenvalue weighted by Gasteiger charge is -2.35. The summed E-state index contributed by atoms with van der Waals surface area (Å²) in [5.41, 5.74) is 1.57. The lowest BCUT2D eigenvalue weighted by molar-refractivity contribution is -0.120. The molecule has 182 valence electrons. The number of H-pyrrole nitrogens is 1. The highest BCUT2D eigenvalue weighted by molar-refractivity contribution is 6.36. The van der Waals surface area contributed by atoms with Crippen LogP contribution in [0.5, 0.6) is 11.5 Å². The molecule has 2 aromatic heterocycles. The van der Waals surface area contributed by atoms with Crippen molar-refractivity contribution in [1.82, 2.24) is 14.9 Å². The highest BCUT2D eigenvalue weighted by atomic mass is 35.5. The van der Waals surface area contributed by atoms with E-state index in [1.165, 1.54) is 18.2 Å². The number of halogens is 2. The van der Waals surface area contributed by atoms with Crippen LogP contribution in [0.15, 0.2) is 54.9 Å². The number of likely N-dealkylation sites (tertiary alicyclic amines) is 1. The second-order valence-electron chi connectivity index (χ2n) is 9.15. The van der Waals surface area contributed by atoms with Gasteiger partial charge in [0.2, 0.25) is 0 Å². The van der Waals surface area contributed by atoms with Gasteiger partial charge in [0.15, 0.2) is 5.78 Å². The number of nitrogens with zero attached hydrogens (tertiary/aromatic N) is 2. The van der Waals surface area contributed by atoms with Crippen molar-refractivity contribution in [2.45, 2.75) is 12.0 Å². The Labute approximate surface area is 210 Å². The van der Waals surface area contributed by atoms with Crippen molar-refractivity contribution in [3.05, 3.63) is 76.8 Å². The lowest BCUT2D eigenvalue weighted by Crippen LogP contribution is -2.54. The third-order valence-corrected chi connectivity index (χ3v) is 6.98. The minimum atomic E-state index is -0.777. The van der Waals surface area contributed by atoms with Crippen LogP contribution < -0.4 is 15.4 Å². The number of likely N-dealkylation sites (N-methyl/N-ethyl adjacent to an activating group) is 1. The fraction of sp³-hybridized carbons (Fsp3) is 0.192. The molecule has 1 saturated heterocycles. The van der Waals surface area contributed by atoms with Gasteiger partial charge in [-0.25, -0.2) is 9.37 Å². The summed E-state index contributed by atoms with van der Waals surface area (Å²) >= 11 is 6.49. The quantitative estimate of drug-likeness (QED) is 0.344. The van der Waals surface area contributed by atoms with Crippen molar-refractivity contribution in [3.8, 4) is 11.5 Å². The average molecular weight is 506 g/mol. The monoisotopic (exact) mass is 505 g/mol. The molecule has 1 spiro atoms. The van der Waals surface area contributed by atoms with Crippen molar-refractivity contribution < 1.29 is 18.7 Å². The maximum Gasteiger partial charge on any atom is 0.251 e. The lowest BCUT2D eigenvalue weighted by atomic mass is 9.92. The molecule has 4 heterocycles. The minimum Gasteiger partial charge on any atom is -0.457 e. The number of carbonyl (C=O) groups is 2. The van der Waals surface area contributed by atoms with Crippen LogP contribution in [0.3, 0.4) is 0 Å². The van der Waals surface area contributed by atoms with E-state index in [4.69, 9.17) is 16.3 Å². The number of aromatic amines is 1. The molecule has 8 nitrogen and oxygen atoms in total. The number of amides is 1. The predicted octanol–water partition coefficient (Wildman–Crippen LogP) is 4.82. The summed E-state index contributed by atoms with van der Waals surface area (Å²) in [5.74, 6) is -0.149. The Bertz CT molecular complexity index is 1550. The number of ketones is 1. The van der Waals surface area contributed by atoms with Crippen molar-refractivity contribution in [1.29, 1.82) is 0 Å². The zero-order chi connectivity index (χ0) is 25.0. The fourth-order valence-electron chi connectivity index (χ4n) is 4.88. The van der Waals surface area contributed by atoms with Gasteiger partial charge in [0.1, 0.15) is 28.5 Å². The van der Waals surface area contributed by atoms with Gasteiger partial charge in [-0.15, -0.1) is 0 Å². The van der Waals surface area contributed by atoms with Crippen LogP contribution in [0.4, 0.5) is 15.8 Å². The van der Waals surface area contributed by atoms with E-state index in [1.807, 2.05) is 7.05 Å². The van der Waals surface area contributed by atoms with Crippen molar-refractivity contribution >= 4 is 45.7 Å². The van der Waals surface area contributed by atoms with Gasteiger partial charge in [0, 0.05) is 37.0 Å². The van der Waals surface area contributed by atoms with E-state index in [1.54, 1.807) is 36.7 Å². The van der Waals surface area contributed by atoms with Crippen LogP contribution in [0.2, 0.25) is 5.02 Å². The average Bonchev–Trinajstić information content (AvgIpc) is 3.44. The van der Waals surface area contributed by atoms with Gasteiger partial charge in [0.05, 0.1) is 33.5 Å². The molecule has 2 aliphatic rings. The first-order chi connectivity index (χ1) is 17.3. The molecular weight excluding hydrogens is 485 g/mol. The number of pyridine rings is 1. The first-order valence-corrected chi connectivity index (χ1v) is 11.8. The summed E-state index contributed by atoms with van der Waals surface area (Å²) in [7, 11) is 1.97. The zero-order valence-electron chi connectivity index (χ0n) is 19.2. The van der Waals surface area contributed by atoms with Crippen LogP contribution in [-0.4, -0.2) is 52.2 Å². The van der Waals surface area contributed by atoms with Gasteiger partial charge in [-0.05, 0) is 37.7 Å². The van der Waals surface area contributed by atoms with Gasteiger partial charge in [-0.2, -0.15) is 0 Å². The number of anilines is 2. The largest absolute Gasteiger partial charge is 0.457 e. The summed E-state index contributed by atoms with van der Waals surface area (Å²) < 4.78 is 19.1. The number of carbonyl (C=O) groups excluding carboxylic acids is 2. The summed E-state index contributed by atoms with van der Waals surface area (Å²) in [6.07, 6.45) is 3.81. The molecule has 3 N–H and O–H groups in total. The zero-order valence-corrected chi connectivity index (χ0v) is 19.9. The summed E-state index contributed by atoms with van der Waals surface area (Å²) in [6, 6.07) is 10.4. The first kappa shape index (κ1) is 22.5. The second kappa shape index (κ2) is 8.32. The summed E-state index contributed by atoms with van der Waals surface area (Å²) in [5, 5.41) is 7.17. The fourth-order valence-corrected chi connectivity index (χ4v) is 5.14. The minimum absolute atomic E-state index is 0.110. The number of rotatable bonds is 4. The van der Waals surface area contributed by atoms with Gasteiger partial charge >= 0.3 is 0 Å². The number of aromatic nitrogens is 2. The van der Waals surface area contributed by atoms with Gasteiger partial charge < -0.3 is 25.3 Å². The molecule has 10 heteroatoms. The number of nitrogens with one attached hydrogen (secondary N) is 3. The Balaban J connectivity index is 1.36. The number of hydrogen-bond acceptors (Lipinski definition) is 6. The normalized spacial score (nSPS) is 19.2. The topological polar surface area (TPSA) is 99.3 Å². The van der Waals surface area contributed by atoms with Crippen molar-refractivity contribution in [2.24, 2.45) is 0 Å². The molecule has 1 atom stereocenters. The molecule has 1 fully saturated rings. The number of ether oxygens (including phenoxy) is 1. The highest BCUT2D eigenvalue weighted by Crippen LogP contribution is 2.41.